The first-order valence-electron chi connectivity index (χ1n) is 3.77. The lowest BCUT2D eigenvalue weighted by molar-refractivity contribution is -0.828. The van der Waals surface area contributed by atoms with Crippen molar-refractivity contribution in [3.05, 3.63) is 16.3 Å². The van der Waals surface area contributed by atoms with Crippen LogP contribution in [0.15, 0.2) is 11.1 Å². The van der Waals surface area contributed by atoms with E-state index in [0.717, 1.165) is 17.2 Å². The average molecular weight is 223 g/mol. The van der Waals surface area contributed by atoms with Crippen LogP contribution in [0.2, 0.25) is 0 Å². The first kappa shape index (κ1) is 11.4. The summed E-state index contributed by atoms with van der Waals surface area (Å²) in [5, 5.41) is 12.5. The zero-order chi connectivity index (χ0) is 10.8. The second-order valence-corrected chi connectivity index (χ2v) is 3.60. The molecule has 0 fully saturated rings. The lowest BCUT2D eigenvalue weighted by atomic mass is 10.4. The Labute approximate surface area is 83.9 Å². The summed E-state index contributed by atoms with van der Waals surface area (Å²) in [4.78, 5) is 0. The van der Waals surface area contributed by atoms with Crippen molar-refractivity contribution in [2.45, 2.75) is 13.1 Å². The van der Waals surface area contributed by atoms with E-state index in [1.807, 2.05) is 0 Å². The molecule has 2 nitrogen and oxygen atoms in total. The van der Waals surface area contributed by atoms with Gasteiger partial charge in [-0.2, -0.15) is 13.2 Å². The van der Waals surface area contributed by atoms with E-state index in [1.165, 1.54) is 6.92 Å². The van der Waals surface area contributed by atoms with E-state index in [9.17, 15) is 18.4 Å². The van der Waals surface area contributed by atoms with Crippen LogP contribution in [0.3, 0.4) is 0 Å². The smallest absolute Gasteiger partial charge is 0.467 e. The monoisotopic (exact) mass is 223 g/mol. The Morgan fingerprint density at radius 2 is 2.29 bits per heavy atom. The van der Waals surface area contributed by atoms with Gasteiger partial charge in [-0.1, -0.05) is 11.8 Å². The maximum atomic E-state index is 12.3. The molecule has 6 heteroatoms. The van der Waals surface area contributed by atoms with Crippen LogP contribution in [0.1, 0.15) is 6.92 Å². The van der Waals surface area contributed by atoms with Crippen molar-refractivity contribution in [1.82, 2.24) is 0 Å². The molecule has 1 rings (SSSR count). The molecule has 1 atom stereocenters. The summed E-state index contributed by atoms with van der Waals surface area (Å²) in [6, 6.07) is 0. The molecule has 0 aliphatic carbocycles. The molecular weight excluding hydrogens is 215 g/mol. The van der Waals surface area contributed by atoms with Crippen LogP contribution in [0.25, 0.3) is 0 Å². The highest BCUT2D eigenvalue weighted by Gasteiger charge is 2.48. The molecule has 0 aromatic heterocycles. The molecule has 0 saturated carbocycles. The molecule has 1 aliphatic rings. The Morgan fingerprint density at radius 1 is 1.64 bits per heavy atom. The maximum Gasteiger partial charge on any atom is 0.467 e. The van der Waals surface area contributed by atoms with E-state index in [1.54, 1.807) is 0 Å². The molecule has 1 unspecified atom stereocenters. The van der Waals surface area contributed by atoms with E-state index in [4.69, 9.17) is 0 Å². The second kappa shape index (κ2) is 3.85. The molecule has 0 bridgehead atoms. The number of rotatable bonds is 1. The third-order valence-electron chi connectivity index (χ3n) is 1.72. The van der Waals surface area contributed by atoms with Gasteiger partial charge in [0.1, 0.15) is 12.4 Å². The minimum atomic E-state index is -4.55. The van der Waals surface area contributed by atoms with Gasteiger partial charge in [-0.25, -0.2) is 0 Å². The molecule has 0 amide bonds. The molecule has 0 aromatic carbocycles. The summed E-state index contributed by atoms with van der Waals surface area (Å²) in [5.74, 6) is 4.66. The van der Waals surface area contributed by atoms with Crippen LogP contribution in [-0.4, -0.2) is 23.2 Å². The van der Waals surface area contributed by atoms with Crippen LogP contribution in [0, 0.1) is 17.0 Å². The highest BCUT2D eigenvalue weighted by atomic mass is 32.2. The SMILES string of the molecule is CC#CC[N+]1([O-])CSC=C1C(F)(F)F. The van der Waals surface area contributed by atoms with Crippen molar-refractivity contribution >= 4 is 11.8 Å². The minimum absolute atomic E-state index is 0.149. The molecule has 0 saturated heterocycles. The number of hydrogen-bond donors (Lipinski definition) is 0. The number of quaternary nitrogens is 1. The Hall–Kier alpha value is -0.640. The third-order valence-corrected chi connectivity index (χ3v) is 2.67. The number of nitrogens with zero attached hydrogens (tertiary/aromatic N) is 1. The lowest BCUT2D eigenvalue weighted by Gasteiger charge is -2.38. The van der Waals surface area contributed by atoms with Crippen LogP contribution in [-0.2, 0) is 0 Å². The molecule has 1 heterocycles. The molecule has 0 radical (unpaired) electrons. The minimum Gasteiger partial charge on any atom is -0.626 e. The summed E-state index contributed by atoms with van der Waals surface area (Å²) < 4.78 is 35.6. The summed E-state index contributed by atoms with van der Waals surface area (Å²) in [7, 11) is 0. The van der Waals surface area contributed by atoms with Gasteiger partial charge in [0, 0.05) is 5.41 Å². The zero-order valence-electron chi connectivity index (χ0n) is 7.39. The van der Waals surface area contributed by atoms with Gasteiger partial charge in [0.05, 0.1) is 0 Å². The van der Waals surface area contributed by atoms with Crippen molar-refractivity contribution in [2.24, 2.45) is 0 Å². The van der Waals surface area contributed by atoms with Crippen molar-refractivity contribution in [2.75, 3.05) is 12.4 Å². The number of allylic oxidation sites excluding steroid dienone is 1. The van der Waals surface area contributed by atoms with E-state index in [-0.39, 0.29) is 12.4 Å². The van der Waals surface area contributed by atoms with Crippen molar-refractivity contribution in [3.63, 3.8) is 0 Å². The fraction of sp³-hybridized carbons (Fsp3) is 0.500. The fourth-order valence-electron chi connectivity index (χ4n) is 1.04. The Bertz CT molecular complexity index is 315. The molecular formula is C8H8F3NOS. The van der Waals surface area contributed by atoms with Crippen LogP contribution in [0.5, 0.6) is 0 Å². The second-order valence-electron chi connectivity index (χ2n) is 2.77. The van der Waals surface area contributed by atoms with Gasteiger partial charge < -0.3 is 9.85 Å². The standard InChI is InChI=1S/C8H8F3NOS/c1-2-3-4-12(13)6-14-5-7(12)8(9,10)11/h5H,4,6H2,1H3. The highest BCUT2D eigenvalue weighted by molar-refractivity contribution is 8.02. The summed E-state index contributed by atoms with van der Waals surface area (Å²) in [5.41, 5.74) is -1.05. The summed E-state index contributed by atoms with van der Waals surface area (Å²) in [6.45, 7) is 1.15. The number of hydrogen-bond acceptors (Lipinski definition) is 2. The zero-order valence-corrected chi connectivity index (χ0v) is 8.21. The van der Waals surface area contributed by atoms with Crippen molar-refractivity contribution in [3.8, 4) is 11.8 Å². The number of hydroxylamine groups is 3. The first-order valence-corrected chi connectivity index (χ1v) is 4.82. The number of thioether (sulfide) groups is 1. The largest absolute Gasteiger partial charge is 0.626 e. The van der Waals surface area contributed by atoms with Gasteiger partial charge in [0.25, 0.3) is 0 Å². The Kier molecular flexibility index (Phi) is 3.14. The van der Waals surface area contributed by atoms with Crippen molar-refractivity contribution in [1.29, 1.82) is 0 Å². The van der Waals surface area contributed by atoms with Gasteiger partial charge in [-0.15, -0.1) is 5.92 Å². The topological polar surface area (TPSA) is 23.1 Å². The fourth-order valence-corrected chi connectivity index (χ4v) is 2.07. The predicted octanol–water partition coefficient (Wildman–Crippen LogP) is 2.43. The molecule has 78 valence electrons. The number of alkyl halides is 3. The lowest BCUT2D eigenvalue weighted by Crippen LogP contribution is -2.43. The predicted molar refractivity (Wildman–Crippen MR) is 48.5 cm³/mol. The van der Waals surface area contributed by atoms with Crippen LogP contribution in [0.4, 0.5) is 13.2 Å². The first-order chi connectivity index (χ1) is 6.40. The van der Waals surface area contributed by atoms with E-state index in [0.29, 0.717) is 0 Å². The summed E-state index contributed by atoms with van der Waals surface area (Å²) >= 11 is 0.876. The van der Waals surface area contributed by atoms with Crippen LogP contribution >= 0.6 is 11.8 Å². The molecule has 1 aliphatic heterocycles. The molecule has 0 aromatic rings. The number of halogens is 3. The van der Waals surface area contributed by atoms with Gasteiger partial charge >= 0.3 is 6.18 Å². The van der Waals surface area contributed by atoms with E-state index < -0.39 is 16.5 Å². The van der Waals surface area contributed by atoms with E-state index >= 15 is 0 Å². The molecule has 14 heavy (non-hydrogen) atoms. The maximum absolute atomic E-state index is 12.3. The summed E-state index contributed by atoms with van der Waals surface area (Å²) in [6.07, 6.45) is -4.55. The Balaban J connectivity index is 2.88. The van der Waals surface area contributed by atoms with Gasteiger partial charge in [0.2, 0.25) is 5.70 Å². The van der Waals surface area contributed by atoms with Gasteiger partial charge in [-0.05, 0) is 12.8 Å². The van der Waals surface area contributed by atoms with Gasteiger partial charge in [0.15, 0.2) is 0 Å². The Morgan fingerprint density at radius 3 is 2.79 bits per heavy atom. The highest BCUT2D eigenvalue weighted by Crippen LogP contribution is 2.40. The van der Waals surface area contributed by atoms with Gasteiger partial charge in [-0.3, -0.25) is 0 Å². The van der Waals surface area contributed by atoms with Crippen LogP contribution < -0.4 is 0 Å². The normalized spacial score (nSPS) is 26.8. The quantitative estimate of drug-likeness (QED) is 0.387. The average Bonchev–Trinajstić information content (AvgIpc) is 2.44. The molecule has 0 spiro atoms. The van der Waals surface area contributed by atoms with Crippen molar-refractivity contribution < 1.29 is 17.8 Å². The van der Waals surface area contributed by atoms with E-state index in [2.05, 4.69) is 11.8 Å². The molecule has 0 N–H and O–H groups in total. The third kappa shape index (κ3) is 2.23.